The summed E-state index contributed by atoms with van der Waals surface area (Å²) in [4.78, 5) is 25.1. The Labute approximate surface area is 177 Å². The summed E-state index contributed by atoms with van der Waals surface area (Å²) in [5.74, 6) is 0.109. The van der Waals surface area contributed by atoms with E-state index in [9.17, 15) is 14.0 Å². The molecule has 2 atom stereocenters. The van der Waals surface area contributed by atoms with Crippen molar-refractivity contribution in [1.29, 1.82) is 0 Å². The second-order valence-electron chi connectivity index (χ2n) is 7.27. The van der Waals surface area contributed by atoms with Gasteiger partial charge >= 0.3 is 6.03 Å². The van der Waals surface area contributed by atoms with Crippen molar-refractivity contribution in [3.8, 4) is 5.75 Å². The molecule has 2 aromatic carbocycles. The van der Waals surface area contributed by atoms with Crippen LogP contribution < -0.4 is 20.7 Å². The number of rotatable bonds is 9. The largest absolute Gasteiger partial charge is 0.496 e. The molecule has 0 radical (unpaired) electrons. The van der Waals surface area contributed by atoms with Gasteiger partial charge in [-0.1, -0.05) is 43.2 Å². The highest BCUT2D eigenvalue weighted by Gasteiger charge is 2.23. The minimum absolute atomic E-state index is 0.240. The zero-order valence-corrected chi connectivity index (χ0v) is 17.9. The summed E-state index contributed by atoms with van der Waals surface area (Å²) < 4.78 is 18.4. The smallest absolute Gasteiger partial charge is 0.315 e. The quantitative estimate of drug-likeness (QED) is 0.579. The van der Waals surface area contributed by atoms with Crippen molar-refractivity contribution in [2.45, 2.75) is 52.2 Å². The molecular formula is C23H30FN3O3. The number of benzene rings is 2. The van der Waals surface area contributed by atoms with E-state index < -0.39 is 12.1 Å². The van der Waals surface area contributed by atoms with Gasteiger partial charge < -0.3 is 20.7 Å². The van der Waals surface area contributed by atoms with Gasteiger partial charge in [-0.2, -0.15) is 0 Å². The molecule has 2 unspecified atom stereocenters. The summed E-state index contributed by atoms with van der Waals surface area (Å²) in [6.07, 6.45) is 1.24. The lowest BCUT2D eigenvalue weighted by molar-refractivity contribution is -0.123. The van der Waals surface area contributed by atoms with E-state index in [1.165, 1.54) is 12.1 Å². The summed E-state index contributed by atoms with van der Waals surface area (Å²) in [5.41, 5.74) is 2.71. The molecule has 0 heterocycles. The number of halogens is 1. The topological polar surface area (TPSA) is 79.5 Å². The normalized spacial score (nSPS) is 12.6. The summed E-state index contributed by atoms with van der Waals surface area (Å²) >= 11 is 0. The summed E-state index contributed by atoms with van der Waals surface area (Å²) in [5, 5.41) is 8.39. The molecule has 0 spiro atoms. The van der Waals surface area contributed by atoms with Gasteiger partial charge in [-0.05, 0) is 44.0 Å². The van der Waals surface area contributed by atoms with Crippen molar-refractivity contribution in [2.75, 3.05) is 7.11 Å². The molecule has 162 valence electrons. The van der Waals surface area contributed by atoms with Crippen LogP contribution in [0.3, 0.4) is 0 Å². The Morgan fingerprint density at radius 3 is 2.43 bits per heavy atom. The van der Waals surface area contributed by atoms with Gasteiger partial charge in [-0.15, -0.1) is 0 Å². The fourth-order valence-electron chi connectivity index (χ4n) is 3.14. The number of aryl methyl sites for hydroxylation is 1. The van der Waals surface area contributed by atoms with Gasteiger partial charge in [0.2, 0.25) is 5.91 Å². The zero-order chi connectivity index (χ0) is 22.1. The van der Waals surface area contributed by atoms with Gasteiger partial charge in [0.25, 0.3) is 0 Å². The van der Waals surface area contributed by atoms with Crippen LogP contribution in [0.25, 0.3) is 0 Å². The molecule has 2 rings (SSSR count). The fourth-order valence-corrected chi connectivity index (χ4v) is 3.14. The first-order valence-corrected chi connectivity index (χ1v) is 10.1. The first kappa shape index (κ1) is 23.2. The van der Waals surface area contributed by atoms with E-state index in [4.69, 9.17) is 4.74 Å². The Morgan fingerprint density at radius 1 is 1.10 bits per heavy atom. The highest BCUT2D eigenvalue weighted by Crippen LogP contribution is 2.26. The molecule has 0 saturated carbocycles. The predicted octanol–water partition coefficient (Wildman–Crippen LogP) is 3.99. The lowest BCUT2D eigenvalue weighted by Crippen LogP contribution is -2.50. The number of carbonyl (C=O) groups is 2. The van der Waals surface area contributed by atoms with E-state index in [0.717, 1.165) is 23.1 Å². The minimum atomic E-state index is -0.665. The van der Waals surface area contributed by atoms with Crippen LogP contribution in [0.4, 0.5) is 9.18 Å². The first-order valence-electron chi connectivity index (χ1n) is 10.1. The van der Waals surface area contributed by atoms with E-state index in [2.05, 4.69) is 16.0 Å². The van der Waals surface area contributed by atoms with Gasteiger partial charge in [0.1, 0.15) is 17.6 Å². The second kappa shape index (κ2) is 11.2. The number of hydrogen-bond donors (Lipinski definition) is 3. The Kier molecular flexibility index (Phi) is 8.65. The maximum absolute atomic E-state index is 13.0. The van der Waals surface area contributed by atoms with E-state index in [0.29, 0.717) is 12.2 Å². The first-order chi connectivity index (χ1) is 14.3. The van der Waals surface area contributed by atoms with Gasteiger partial charge in [0.05, 0.1) is 13.2 Å². The molecule has 7 heteroatoms. The molecule has 6 nitrogen and oxygen atoms in total. The van der Waals surface area contributed by atoms with Gasteiger partial charge in [-0.25, -0.2) is 9.18 Å². The van der Waals surface area contributed by atoms with E-state index in [-0.39, 0.29) is 24.3 Å². The summed E-state index contributed by atoms with van der Waals surface area (Å²) in [7, 11) is 1.59. The van der Waals surface area contributed by atoms with Gasteiger partial charge in [0.15, 0.2) is 0 Å². The average molecular weight is 416 g/mol. The molecule has 0 bridgehead atoms. The molecule has 0 saturated heterocycles. The highest BCUT2D eigenvalue weighted by molar-refractivity contribution is 5.87. The van der Waals surface area contributed by atoms with Crippen LogP contribution in [0.1, 0.15) is 49.4 Å². The zero-order valence-electron chi connectivity index (χ0n) is 17.9. The lowest BCUT2D eigenvalue weighted by Gasteiger charge is -2.23. The van der Waals surface area contributed by atoms with Crippen LogP contribution in [0.5, 0.6) is 5.75 Å². The van der Waals surface area contributed by atoms with Crippen LogP contribution in [-0.4, -0.2) is 25.1 Å². The average Bonchev–Trinajstić information content (AvgIpc) is 2.72. The van der Waals surface area contributed by atoms with Crippen LogP contribution >= 0.6 is 0 Å². The number of hydrogen-bond acceptors (Lipinski definition) is 3. The molecule has 0 aromatic heterocycles. The molecule has 0 aliphatic rings. The van der Waals surface area contributed by atoms with Crippen LogP contribution in [0, 0.1) is 12.7 Å². The van der Waals surface area contributed by atoms with Crippen molar-refractivity contribution in [3.05, 3.63) is 65.0 Å². The number of methoxy groups -OCH3 is 1. The van der Waals surface area contributed by atoms with Crippen LogP contribution in [0.15, 0.2) is 42.5 Å². The maximum atomic E-state index is 13.0. The van der Waals surface area contributed by atoms with Gasteiger partial charge in [-0.3, -0.25) is 4.79 Å². The van der Waals surface area contributed by atoms with Crippen LogP contribution in [0.2, 0.25) is 0 Å². The third-order valence-electron chi connectivity index (χ3n) is 4.78. The maximum Gasteiger partial charge on any atom is 0.315 e. The Hall–Kier alpha value is -3.09. The predicted molar refractivity (Wildman–Crippen MR) is 115 cm³/mol. The molecule has 2 aromatic rings. The third kappa shape index (κ3) is 6.76. The molecule has 30 heavy (non-hydrogen) atoms. The summed E-state index contributed by atoms with van der Waals surface area (Å²) in [6, 6.07) is 10.3. The number of nitrogens with one attached hydrogen (secondary N) is 3. The molecular weight excluding hydrogens is 385 g/mol. The fraction of sp³-hybridized carbons (Fsp3) is 0.391. The van der Waals surface area contributed by atoms with Crippen molar-refractivity contribution in [3.63, 3.8) is 0 Å². The Bertz CT molecular complexity index is 855. The molecule has 0 aliphatic carbocycles. The van der Waals surface area contributed by atoms with E-state index >= 15 is 0 Å². The number of ether oxygens (including phenoxy) is 1. The highest BCUT2D eigenvalue weighted by atomic mass is 19.1. The second-order valence-corrected chi connectivity index (χ2v) is 7.27. The molecule has 3 N–H and O–H groups in total. The Morgan fingerprint density at radius 2 is 1.80 bits per heavy atom. The van der Waals surface area contributed by atoms with Crippen molar-refractivity contribution >= 4 is 11.9 Å². The SMILES string of the molecule is CCCC(NC(=O)NCc1ccc(F)cc1)C(=O)NC(C)c1cc(C)ccc1OC. The van der Waals surface area contributed by atoms with Crippen molar-refractivity contribution < 1.29 is 18.7 Å². The number of amides is 3. The van der Waals surface area contributed by atoms with E-state index in [1.54, 1.807) is 19.2 Å². The number of urea groups is 1. The summed E-state index contributed by atoms with van der Waals surface area (Å²) in [6.45, 7) is 6.05. The molecule has 0 aliphatic heterocycles. The Balaban J connectivity index is 1.97. The standard InChI is InChI=1S/C23H30FN3O3/c1-5-6-20(27-23(29)25-14-17-8-10-18(24)11-9-17)22(28)26-16(3)19-13-15(2)7-12-21(19)30-4/h7-13,16,20H,5-6,14H2,1-4H3,(H,26,28)(H2,25,27,29). The van der Waals surface area contributed by atoms with Crippen molar-refractivity contribution in [1.82, 2.24) is 16.0 Å². The lowest BCUT2D eigenvalue weighted by atomic mass is 10.0. The molecule has 3 amide bonds. The van der Waals surface area contributed by atoms with Gasteiger partial charge in [0, 0.05) is 12.1 Å². The monoisotopic (exact) mass is 415 g/mol. The number of carbonyl (C=O) groups excluding carboxylic acids is 2. The molecule has 0 fully saturated rings. The third-order valence-corrected chi connectivity index (χ3v) is 4.78. The van der Waals surface area contributed by atoms with E-state index in [1.807, 2.05) is 39.0 Å². The minimum Gasteiger partial charge on any atom is -0.496 e. The van der Waals surface area contributed by atoms with Crippen LogP contribution in [-0.2, 0) is 11.3 Å². The van der Waals surface area contributed by atoms with Crippen molar-refractivity contribution in [2.24, 2.45) is 0 Å².